The lowest BCUT2D eigenvalue weighted by Crippen LogP contribution is -3.00. The Bertz CT molecular complexity index is 561. The van der Waals surface area contributed by atoms with Crippen LogP contribution in [0.15, 0.2) is 29.6 Å². The molecule has 1 heterocycles. The van der Waals surface area contributed by atoms with Gasteiger partial charge in [0.15, 0.2) is 0 Å². The summed E-state index contributed by atoms with van der Waals surface area (Å²) >= 11 is 7.88. The van der Waals surface area contributed by atoms with Gasteiger partial charge in [0.25, 0.3) is 0 Å². The average molecular weight is 409 g/mol. The fourth-order valence-electron chi connectivity index (χ4n) is 2.00. The van der Waals surface area contributed by atoms with Gasteiger partial charge in [0.1, 0.15) is 16.9 Å². The van der Waals surface area contributed by atoms with Crippen molar-refractivity contribution in [1.29, 1.82) is 0 Å². The number of nitrogens with one attached hydrogen (secondary N) is 1. The third-order valence-electron chi connectivity index (χ3n) is 2.68. The Kier molecular flexibility index (Phi) is 5.65. The van der Waals surface area contributed by atoms with Gasteiger partial charge in [-0.05, 0) is 39.8 Å². The van der Waals surface area contributed by atoms with E-state index < -0.39 is 0 Å². The van der Waals surface area contributed by atoms with E-state index in [-0.39, 0.29) is 29.5 Å². The van der Waals surface area contributed by atoms with Gasteiger partial charge in [-0.15, -0.1) is 0 Å². The highest BCUT2D eigenvalue weighted by Crippen LogP contribution is 2.27. The maximum absolute atomic E-state index is 6.18. The number of thiazole rings is 1. The highest BCUT2D eigenvalue weighted by molar-refractivity contribution is 7.13. The van der Waals surface area contributed by atoms with Crippen LogP contribution in [0.3, 0.4) is 0 Å². The van der Waals surface area contributed by atoms with Crippen LogP contribution in [-0.4, -0.2) is 0 Å². The summed E-state index contributed by atoms with van der Waals surface area (Å²) in [6.45, 7) is 8.72. The molecule has 2 nitrogen and oxygen atoms in total. The first-order chi connectivity index (χ1) is 8.39. The van der Waals surface area contributed by atoms with E-state index in [0.29, 0.717) is 0 Å². The molecule has 5 heteroatoms. The summed E-state index contributed by atoms with van der Waals surface area (Å²) in [6.07, 6.45) is 0. The number of halogens is 2. The first kappa shape index (κ1) is 16.7. The zero-order valence-electron chi connectivity index (χ0n) is 11.5. The summed E-state index contributed by atoms with van der Waals surface area (Å²) in [7, 11) is 0. The lowest BCUT2D eigenvalue weighted by atomic mass is 10.1. The second-order valence-corrected chi connectivity index (χ2v) is 6.56. The van der Waals surface area contributed by atoms with Crippen LogP contribution < -0.4 is 33.9 Å². The minimum Gasteiger partial charge on any atom is -1.00 e. The van der Waals surface area contributed by atoms with Crippen molar-refractivity contribution in [1.82, 2.24) is 0 Å². The third kappa shape index (κ3) is 3.83. The number of aryl methyl sites for hydroxylation is 1. The fraction of sp³-hybridized carbons (Fsp3) is 0.357. The van der Waals surface area contributed by atoms with Crippen molar-refractivity contribution in [2.45, 2.75) is 33.2 Å². The second-order valence-electron chi connectivity index (χ2n) is 5.29. The number of hydrogen-bond donors (Lipinski definition) is 1. The minimum absolute atomic E-state index is 0. The van der Waals surface area contributed by atoms with E-state index in [2.05, 4.69) is 43.0 Å². The monoisotopic (exact) mass is 408 g/mol. The summed E-state index contributed by atoms with van der Waals surface area (Å²) in [5, 5.41) is 7.42. The van der Waals surface area contributed by atoms with Gasteiger partial charge in [-0.2, -0.15) is 0 Å². The Hall–Kier alpha value is -0.330. The largest absolute Gasteiger partial charge is 1.00 e. The number of anilines is 2. The highest BCUT2D eigenvalue weighted by atomic mass is 127. The molecular formula is C14H18ClIN2S. The Morgan fingerprint density at radius 3 is 2.42 bits per heavy atom. The molecular weight excluding hydrogens is 391 g/mol. The number of nitrogens with zero attached hydrogens (tertiary/aromatic N) is 1. The molecule has 0 unspecified atom stereocenters. The zero-order valence-corrected chi connectivity index (χ0v) is 15.2. The molecule has 0 radical (unpaired) electrons. The van der Waals surface area contributed by atoms with Crippen molar-refractivity contribution >= 4 is 33.8 Å². The van der Waals surface area contributed by atoms with Crippen molar-refractivity contribution in [3.8, 4) is 0 Å². The van der Waals surface area contributed by atoms with Crippen molar-refractivity contribution in [2.24, 2.45) is 0 Å². The third-order valence-corrected chi connectivity index (χ3v) is 3.98. The molecule has 1 aromatic carbocycles. The standard InChI is InChI=1S/C14H17ClN2S.HI/c1-10-9-18-13(17(10)14(2,3)4)16-12-8-6-5-7-11(12)15;/h5-9H,1-4H3;1H. The smallest absolute Gasteiger partial charge is 0.339 e. The maximum atomic E-state index is 6.18. The van der Waals surface area contributed by atoms with Gasteiger partial charge < -0.3 is 24.0 Å². The molecule has 0 aliphatic rings. The van der Waals surface area contributed by atoms with Crippen LogP contribution in [0.25, 0.3) is 0 Å². The fourth-order valence-corrected chi connectivity index (χ4v) is 3.27. The number of benzene rings is 1. The minimum atomic E-state index is 0. The van der Waals surface area contributed by atoms with Crippen LogP contribution >= 0.6 is 22.9 Å². The highest BCUT2D eigenvalue weighted by Gasteiger charge is 2.27. The Labute approximate surface area is 140 Å². The maximum Gasteiger partial charge on any atom is 0.339 e. The first-order valence-electron chi connectivity index (χ1n) is 5.92. The Balaban J connectivity index is 0.00000180. The molecule has 0 aliphatic heterocycles. The van der Waals surface area contributed by atoms with Crippen LogP contribution in [-0.2, 0) is 5.54 Å². The molecule has 1 aromatic heterocycles. The normalized spacial score (nSPS) is 11.0. The van der Waals surface area contributed by atoms with E-state index >= 15 is 0 Å². The van der Waals surface area contributed by atoms with E-state index in [9.17, 15) is 0 Å². The predicted molar refractivity (Wildman–Crippen MR) is 79.0 cm³/mol. The number of para-hydroxylation sites is 1. The molecule has 104 valence electrons. The number of aromatic nitrogens is 1. The first-order valence-corrected chi connectivity index (χ1v) is 7.17. The van der Waals surface area contributed by atoms with Crippen LogP contribution in [0.1, 0.15) is 26.5 Å². The molecule has 0 atom stereocenters. The molecule has 0 bridgehead atoms. The summed E-state index contributed by atoms with van der Waals surface area (Å²) in [6, 6.07) is 7.80. The van der Waals surface area contributed by atoms with Gasteiger partial charge in [-0.25, -0.2) is 9.88 Å². The summed E-state index contributed by atoms with van der Waals surface area (Å²) in [4.78, 5) is 0. The Morgan fingerprint density at radius 2 is 1.84 bits per heavy atom. The average Bonchev–Trinajstić information content (AvgIpc) is 2.62. The quantitative estimate of drug-likeness (QED) is 0.588. The topological polar surface area (TPSA) is 15.9 Å². The van der Waals surface area contributed by atoms with Crippen molar-refractivity contribution in [2.75, 3.05) is 5.32 Å². The number of rotatable bonds is 2. The molecule has 0 aliphatic carbocycles. The zero-order chi connectivity index (χ0) is 13.3. The van der Waals surface area contributed by atoms with E-state index in [1.54, 1.807) is 11.3 Å². The Morgan fingerprint density at radius 1 is 1.21 bits per heavy atom. The van der Waals surface area contributed by atoms with Crippen molar-refractivity contribution in [3.63, 3.8) is 0 Å². The van der Waals surface area contributed by atoms with E-state index in [0.717, 1.165) is 15.8 Å². The van der Waals surface area contributed by atoms with Crippen LogP contribution in [0.2, 0.25) is 5.02 Å². The van der Waals surface area contributed by atoms with Crippen molar-refractivity contribution < 1.29 is 28.5 Å². The molecule has 2 aromatic rings. The lowest BCUT2D eigenvalue weighted by molar-refractivity contribution is -0.742. The molecule has 0 saturated carbocycles. The van der Waals surface area contributed by atoms with Gasteiger partial charge in [0.05, 0.1) is 5.02 Å². The van der Waals surface area contributed by atoms with Gasteiger partial charge in [0.2, 0.25) is 0 Å². The molecule has 1 N–H and O–H groups in total. The molecule has 0 amide bonds. The van der Waals surface area contributed by atoms with Gasteiger partial charge in [-0.1, -0.05) is 35.1 Å². The van der Waals surface area contributed by atoms with E-state index in [1.807, 2.05) is 24.3 Å². The predicted octanol–water partition coefficient (Wildman–Crippen LogP) is 1.50. The molecule has 0 spiro atoms. The van der Waals surface area contributed by atoms with Crippen LogP contribution in [0.5, 0.6) is 0 Å². The lowest BCUT2D eigenvalue weighted by Gasteiger charge is -2.18. The van der Waals surface area contributed by atoms with Crippen LogP contribution in [0, 0.1) is 6.92 Å². The van der Waals surface area contributed by atoms with Gasteiger partial charge in [-0.3, -0.25) is 0 Å². The number of hydrogen-bond acceptors (Lipinski definition) is 2. The molecule has 19 heavy (non-hydrogen) atoms. The molecule has 2 rings (SSSR count). The molecule has 0 saturated heterocycles. The van der Waals surface area contributed by atoms with Gasteiger partial charge in [0, 0.05) is 5.38 Å². The van der Waals surface area contributed by atoms with E-state index in [1.165, 1.54) is 5.69 Å². The van der Waals surface area contributed by atoms with Crippen molar-refractivity contribution in [3.05, 3.63) is 40.4 Å². The molecule has 0 fully saturated rings. The second kappa shape index (κ2) is 6.41. The van der Waals surface area contributed by atoms with Crippen LogP contribution in [0.4, 0.5) is 10.8 Å². The summed E-state index contributed by atoms with van der Waals surface area (Å²) in [5.74, 6) is 0. The summed E-state index contributed by atoms with van der Waals surface area (Å²) in [5.41, 5.74) is 2.24. The van der Waals surface area contributed by atoms with Gasteiger partial charge >= 0.3 is 5.13 Å². The SMILES string of the molecule is Cc1csc(Nc2ccccc2Cl)[n+]1C(C)(C)C.[I-]. The summed E-state index contributed by atoms with van der Waals surface area (Å²) < 4.78 is 2.29. The van der Waals surface area contributed by atoms with E-state index in [4.69, 9.17) is 11.6 Å².